The van der Waals surface area contributed by atoms with E-state index in [2.05, 4.69) is 6.92 Å². The van der Waals surface area contributed by atoms with Gasteiger partial charge in [0, 0.05) is 0 Å². The number of hydrogen-bond donors (Lipinski definition) is 1. The van der Waals surface area contributed by atoms with Crippen LogP contribution in [0, 0.1) is 6.92 Å². The van der Waals surface area contributed by atoms with Crippen LogP contribution in [0.25, 0.3) is 0 Å². The summed E-state index contributed by atoms with van der Waals surface area (Å²) in [5, 5.41) is 9.52. The Morgan fingerprint density at radius 3 is 2.54 bits per heavy atom. The fraction of sp³-hybridized carbons (Fsp3) is 0.455. The molecule has 1 aromatic rings. The van der Waals surface area contributed by atoms with Gasteiger partial charge in [-0.05, 0) is 43.5 Å². The number of ether oxygens (including phenoxy) is 1. The second-order valence-electron chi connectivity index (χ2n) is 3.03. The first kappa shape index (κ1) is 9.90. The second kappa shape index (κ2) is 4.17. The molecule has 0 atom stereocenters. The lowest BCUT2D eigenvalue weighted by Gasteiger charge is -2.09. The van der Waals surface area contributed by atoms with Crippen molar-refractivity contribution in [1.29, 1.82) is 0 Å². The molecule has 0 saturated carbocycles. The molecule has 0 saturated heterocycles. The highest BCUT2D eigenvalue weighted by molar-refractivity contribution is 5.46. The first-order chi connectivity index (χ1) is 6.19. The van der Waals surface area contributed by atoms with Gasteiger partial charge in [-0.15, -0.1) is 0 Å². The molecule has 13 heavy (non-hydrogen) atoms. The minimum atomic E-state index is 0.233. The number of phenolic OH excluding ortho intramolecular Hbond substituents is 1. The van der Waals surface area contributed by atoms with Gasteiger partial charge in [-0.3, -0.25) is 0 Å². The van der Waals surface area contributed by atoms with Crippen LogP contribution in [-0.2, 0) is 6.42 Å². The predicted octanol–water partition coefficient (Wildman–Crippen LogP) is 2.66. The Bertz CT molecular complexity index is 292. The second-order valence-corrected chi connectivity index (χ2v) is 3.03. The van der Waals surface area contributed by atoms with Crippen molar-refractivity contribution in [3.05, 3.63) is 23.3 Å². The van der Waals surface area contributed by atoms with E-state index in [0.717, 1.165) is 12.0 Å². The van der Waals surface area contributed by atoms with E-state index in [-0.39, 0.29) is 5.75 Å². The van der Waals surface area contributed by atoms with Crippen LogP contribution in [0.3, 0.4) is 0 Å². The third-order valence-electron chi connectivity index (χ3n) is 2.10. The van der Waals surface area contributed by atoms with E-state index in [1.54, 1.807) is 6.07 Å². The molecule has 0 aliphatic rings. The first-order valence-corrected chi connectivity index (χ1v) is 4.64. The Hall–Kier alpha value is -1.18. The predicted molar refractivity (Wildman–Crippen MR) is 53.4 cm³/mol. The summed E-state index contributed by atoms with van der Waals surface area (Å²) in [5.74, 6) is 0.821. The zero-order chi connectivity index (χ0) is 9.84. The van der Waals surface area contributed by atoms with Crippen molar-refractivity contribution in [3.63, 3.8) is 0 Å². The molecule has 0 aliphatic carbocycles. The Morgan fingerprint density at radius 1 is 1.31 bits per heavy atom. The number of rotatable bonds is 3. The Morgan fingerprint density at radius 2 is 2.00 bits per heavy atom. The largest absolute Gasteiger partial charge is 0.504 e. The van der Waals surface area contributed by atoms with E-state index in [0.29, 0.717) is 12.4 Å². The van der Waals surface area contributed by atoms with Crippen LogP contribution >= 0.6 is 0 Å². The van der Waals surface area contributed by atoms with Crippen molar-refractivity contribution >= 4 is 0 Å². The fourth-order valence-electron chi connectivity index (χ4n) is 1.37. The quantitative estimate of drug-likeness (QED) is 0.774. The van der Waals surface area contributed by atoms with Gasteiger partial charge in [-0.1, -0.05) is 6.92 Å². The minimum absolute atomic E-state index is 0.233. The molecule has 0 bridgehead atoms. The van der Waals surface area contributed by atoms with Gasteiger partial charge in [0.15, 0.2) is 11.5 Å². The maximum Gasteiger partial charge on any atom is 0.161 e. The van der Waals surface area contributed by atoms with E-state index < -0.39 is 0 Å². The lowest BCUT2D eigenvalue weighted by atomic mass is 10.1. The number of aryl methyl sites for hydroxylation is 2. The van der Waals surface area contributed by atoms with Crippen LogP contribution < -0.4 is 4.74 Å². The van der Waals surface area contributed by atoms with E-state index in [1.807, 2.05) is 19.9 Å². The third-order valence-corrected chi connectivity index (χ3v) is 2.10. The molecule has 2 heteroatoms. The molecule has 1 aromatic carbocycles. The van der Waals surface area contributed by atoms with Crippen molar-refractivity contribution in [3.8, 4) is 11.5 Å². The van der Waals surface area contributed by atoms with Crippen LogP contribution in [0.15, 0.2) is 12.1 Å². The summed E-state index contributed by atoms with van der Waals surface area (Å²) < 4.78 is 5.28. The van der Waals surface area contributed by atoms with Crippen molar-refractivity contribution in [2.45, 2.75) is 27.2 Å². The zero-order valence-electron chi connectivity index (χ0n) is 8.42. The van der Waals surface area contributed by atoms with Crippen molar-refractivity contribution in [1.82, 2.24) is 0 Å². The fourth-order valence-corrected chi connectivity index (χ4v) is 1.37. The monoisotopic (exact) mass is 180 g/mol. The van der Waals surface area contributed by atoms with Crippen molar-refractivity contribution in [2.75, 3.05) is 6.61 Å². The highest BCUT2D eigenvalue weighted by Gasteiger charge is 2.05. The molecule has 1 rings (SSSR count). The van der Waals surface area contributed by atoms with E-state index in [1.165, 1.54) is 5.56 Å². The summed E-state index contributed by atoms with van der Waals surface area (Å²) >= 11 is 0. The molecule has 0 fully saturated rings. The Balaban J connectivity index is 3.06. The van der Waals surface area contributed by atoms with Gasteiger partial charge < -0.3 is 9.84 Å². The molecule has 72 valence electrons. The maximum atomic E-state index is 9.52. The van der Waals surface area contributed by atoms with Gasteiger partial charge in [-0.25, -0.2) is 0 Å². The molecule has 0 amide bonds. The van der Waals surface area contributed by atoms with Crippen LogP contribution in [0.4, 0.5) is 0 Å². The summed E-state index contributed by atoms with van der Waals surface area (Å²) in [7, 11) is 0. The van der Waals surface area contributed by atoms with Gasteiger partial charge >= 0.3 is 0 Å². The molecular weight excluding hydrogens is 164 g/mol. The van der Waals surface area contributed by atoms with Crippen LogP contribution in [-0.4, -0.2) is 11.7 Å². The highest BCUT2D eigenvalue weighted by Crippen LogP contribution is 2.29. The van der Waals surface area contributed by atoms with Gasteiger partial charge in [0.1, 0.15) is 0 Å². The topological polar surface area (TPSA) is 29.5 Å². The van der Waals surface area contributed by atoms with Gasteiger partial charge in [0.05, 0.1) is 6.61 Å². The first-order valence-electron chi connectivity index (χ1n) is 4.64. The summed E-state index contributed by atoms with van der Waals surface area (Å²) in [6.45, 7) is 6.58. The lowest BCUT2D eigenvalue weighted by molar-refractivity contribution is 0.317. The van der Waals surface area contributed by atoms with Crippen LogP contribution in [0.1, 0.15) is 25.0 Å². The molecule has 0 aliphatic heterocycles. The van der Waals surface area contributed by atoms with E-state index in [9.17, 15) is 5.11 Å². The zero-order valence-corrected chi connectivity index (χ0v) is 8.42. The number of hydrogen-bond acceptors (Lipinski definition) is 2. The smallest absolute Gasteiger partial charge is 0.161 e. The molecule has 0 unspecified atom stereocenters. The Kier molecular flexibility index (Phi) is 3.18. The normalized spacial score (nSPS) is 10.1. The van der Waals surface area contributed by atoms with Gasteiger partial charge in [0.25, 0.3) is 0 Å². The summed E-state index contributed by atoms with van der Waals surface area (Å²) in [5.41, 5.74) is 2.34. The SMILES string of the molecule is CCOc1cc(CC)c(C)cc1O. The summed E-state index contributed by atoms with van der Waals surface area (Å²) in [6.07, 6.45) is 0.964. The summed E-state index contributed by atoms with van der Waals surface area (Å²) in [4.78, 5) is 0. The highest BCUT2D eigenvalue weighted by atomic mass is 16.5. The van der Waals surface area contributed by atoms with E-state index >= 15 is 0 Å². The van der Waals surface area contributed by atoms with Crippen LogP contribution in [0.2, 0.25) is 0 Å². The Labute approximate surface area is 79.2 Å². The number of phenols is 1. The molecule has 0 spiro atoms. The molecular formula is C11H16O2. The molecule has 1 N–H and O–H groups in total. The van der Waals surface area contributed by atoms with Crippen molar-refractivity contribution < 1.29 is 9.84 Å². The van der Waals surface area contributed by atoms with Gasteiger partial charge in [0.2, 0.25) is 0 Å². The average Bonchev–Trinajstić information content (AvgIpc) is 2.10. The molecule has 2 nitrogen and oxygen atoms in total. The number of benzene rings is 1. The van der Waals surface area contributed by atoms with Gasteiger partial charge in [-0.2, -0.15) is 0 Å². The molecule has 0 radical (unpaired) electrons. The summed E-state index contributed by atoms with van der Waals surface area (Å²) in [6, 6.07) is 3.66. The number of aromatic hydroxyl groups is 1. The third kappa shape index (κ3) is 2.14. The van der Waals surface area contributed by atoms with Crippen molar-refractivity contribution in [2.24, 2.45) is 0 Å². The lowest BCUT2D eigenvalue weighted by Crippen LogP contribution is -1.94. The average molecular weight is 180 g/mol. The molecule has 0 aromatic heterocycles. The minimum Gasteiger partial charge on any atom is -0.504 e. The molecule has 0 heterocycles. The van der Waals surface area contributed by atoms with E-state index in [4.69, 9.17) is 4.74 Å². The maximum absolute atomic E-state index is 9.52. The van der Waals surface area contributed by atoms with Crippen LogP contribution in [0.5, 0.6) is 11.5 Å². The standard InChI is InChI=1S/C11H16O2/c1-4-9-7-11(13-5-2)10(12)6-8(9)3/h6-7,12H,4-5H2,1-3H3.